The van der Waals surface area contributed by atoms with Gasteiger partial charge in [0.25, 0.3) is 11.8 Å². The number of ether oxygens (including phenoxy) is 1. The van der Waals surface area contributed by atoms with Crippen LogP contribution in [0.5, 0.6) is 0 Å². The number of nitrogens with zero attached hydrogens (tertiary/aromatic N) is 2. The molecule has 3 heterocycles. The second-order valence-electron chi connectivity index (χ2n) is 11.6. The topological polar surface area (TPSA) is 137 Å². The van der Waals surface area contributed by atoms with E-state index in [1.165, 1.54) is 0 Å². The molecule has 1 aliphatic heterocycles. The minimum absolute atomic E-state index is 0.279. The van der Waals surface area contributed by atoms with Crippen molar-refractivity contribution >= 4 is 56.6 Å². The third-order valence-electron chi connectivity index (χ3n) is 8.43. The summed E-state index contributed by atoms with van der Waals surface area (Å²) >= 11 is 0. The van der Waals surface area contributed by atoms with Gasteiger partial charge in [-0.05, 0) is 63.3 Å². The molecule has 10 nitrogen and oxygen atoms in total. The molecule has 0 saturated carbocycles. The first-order chi connectivity index (χ1) is 22.3. The molecule has 5 rings (SSSR count). The number of rotatable bonds is 16. The third kappa shape index (κ3) is 6.97. The number of aromatic nitrogens is 2. The number of hydrogen-bond acceptors (Lipinski definition) is 6. The van der Waals surface area contributed by atoms with Crippen LogP contribution in [0.15, 0.2) is 73.6 Å². The van der Waals surface area contributed by atoms with Crippen molar-refractivity contribution in [3.05, 3.63) is 84.7 Å². The average molecular weight is 624 g/mol. The molecule has 0 fully saturated rings. The summed E-state index contributed by atoms with van der Waals surface area (Å²) in [5, 5.41) is 7.01. The highest BCUT2D eigenvalue weighted by Gasteiger charge is 2.35. The van der Waals surface area contributed by atoms with Crippen molar-refractivity contribution in [3.8, 4) is 0 Å². The lowest BCUT2D eigenvalue weighted by Gasteiger charge is -2.16. The number of benzene rings is 2. The van der Waals surface area contributed by atoms with Crippen molar-refractivity contribution in [1.29, 1.82) is 0 Å². The van der Waals surface area contributed by atoms with E-state index in [9.17, 15) is 19.2 Å². The van der Waals surface area contributed by atoms with Crippen LogP contribution in [0.3, 0.4) is 0 Å². The van der Waals surface area contributed by atoms with Gasteiger partial charge in [-0.1, -0.05) is 49.4 Å². The Balaban J connectivity index is 1.24. The van der Waals surface area contributed by atoms with Crippen molar-refractivity contribution in [1.82, 2.24) is 19.8 Å². The van der Waals surface area contributed by atoms with Gasteiger partial charge in [-0.3, -0.25) is 19.7 Å². The number of aryl methyl sites for hydroxylation is 2. The fraction of sp³-hybridized carbons (Fsp3) is 0.333. The zero-order valence-corrected chi connectivity index (χ0v) is 26.2. The first-order valence-electron chi connectivity index (χ1n) is 15.9. The number of nitrogens with one attached hydrogen (secondary N) is 2. The van der Waals surface area contributed by atoms with Gasteiger partial charge in [-0.25, -0.2) is 4.79 Å². The first kappa shape index (κ1) is 32.4. The Morgan fingerprint density at radius 1 is 0.891 bits per heavy atom. The van der Waals surface area contributed by atoms with Gasteiger partial charge in [0.05, 0.1) is 17.8 Å². The summed E-state index contributed by atoms with van der Waals surface area (Å²) < 4.78 is 9.57. The Kier molecular flexibility index (Phi) is 10.5. The quantitative estimate of drug-likeness (QED) is 0.0722. The van der Waals surface area contributed by atoms with Crippen molar-refractivity contribution in [2.45, 2.75) is 57.5 Å². The summed E-state index contributed by atoms with van der Waals surface area (Å²) in [5.74, 6) is -1.63. The molecule has 1 unspecified atom stereocenters. The lowest BCUT2D eigenvalue weighted by Crippen LogP contribution is -2.41. The van der Waals surface area contributed by atoms with Crippen molar-refractivity contribution in [2.24, 2.45) is 12.8 Å². The van der Waals surface area contributed by atoms with Crippen LogP contribution in [-0.2, 0) is 37.5 Å². The standard InChI is InChI=1S/C36H41N5O5/c1-3-31(42)38-28(16-10-11-19-37)36(45)46-21-13-5-4-12-20-41-23-27(25-15-7-9-18-30(25)41)33-32(34(43)39-35(33)44)26-22-40(2)29-17-8-6-14-24(26)29/h3,6-9,14-15,17-18,22-23,28H,1,4-5,10-13,16,19-21,37H2,2H3,(H,38,42)(H,39,43,44). The molecule has 240 valence electrons. The van der Waals surface area contributed by atoms with Gasteiger partial charge in [-0.2, -0.15) is 0 Å². The van der Waals surface area contributed by atoms with E-state index in [2.05, 4.69) is 21.8 Å². The zero-order valence-electron chi connectivity index (χ0n) is 26.2. The predicted octanol–water partition coefficient (Wildman–Crippen LogP) is 4.60. The van der Waals surface area contributed by atoms with E-state index in [1.54, 1.807) is 0 Å². The molecule has 10 heteroatoms. The van der Waals surface area contributed by atoms with E-state index in [0.29, 0.717) is 37.0 Å². The smallest absolute Gasteiger partial charge is 0.328 e. The van der Waals surface area contributed by atoms with Gasteiger partial charge < -0.3 is 24.9 Å². The van der Waals surface area contributed by atoms with Crippen LogP contribution in [0, 0.1) is 0 Å². The average Bonchev–Trinajstić information content (AvgIpc) is 3.69. The van der Waals surface area contributed by atoms with Crippen LogP contribution in [0.4, 0.5) is 0 Å². The zero-order chi connectivity index (χ0) is 32.6. The van der Waals surface area contributed by atoms with E-state index in [1.807, 2.05) is 72.5 Å². The maximum Gasteiger partial charge on any atom is 0.328 e. The second-order valence-corrected chi connectivity index (χ2v) is 11.6. The highest BCUT2D eigenvalue weighted by molar-refractivity contribution is 6.50. The third-order valence-corrected chi connectivity index (χ3v) is 8.43. The van der Waals surface area contributed by atoms with Crippen LogP contribution >= 0.6 is 0 Å². The number of hydrogen-bond donors (Lipinski definition) is 3. The molecular weight excluding hydrogens is 582 g/mol. The Labute approximate surface area is 268 Å². The fourth-order valence-electron chi connectivity index (χ4n) is 6.12. The lowest BCUT2D eigenvalue weighted by molar-refractivity contribution is -0.147. The van der Waals surface area contributed by atoms with E-state index in [-0.39, 0.29) is 12.5 Å². The Morgan fingerprint density at radius 2 is 1.52 bits per heavy atom. The van der Waals surface area contributed by atoms with Gasteiger partial charge in [0.2, 0.25) is 5.91 Å². The number of carbonyl (C=O) groups excluding carboxylic acids is 4. The van der Waals surface area contributed by atoms with Crippen molar-refractivity contribution in [3.63, 3.8) is 0 Å². The molecule has 2 aromatic heterocycles. The summed E-state index contributed by atoms with van der Waals surface area (Å²) in [7, 11) is 1.93. The van der Waals surface area contributed by atoms with Crippen molar-refractivity contribution < 1.29 is 23.9 Å². The van der Waals surface area contributed by atoms with Gasteiger partial charge in [0, 0.05) is 58.9 Å². The first-order valence-corrected chi connectivity index (χ1v) is 15.9. The number of fused-ring (bicyclic) bond motifs is 2. The summed E-state index contributed by atoms with van der Waals surface area (Å²) in [6, 6.07) is 15.1. The number of esters is 1. The summed E-state index contributed by atoms with van der Waals surface area (Å²) in [5.41, 5.74) is 9.78. The lowest BCUT2D eigenvalue weighted by atomic mass is 9.95. The van der Waals surface area contributed by atoms with E-state index >= 15 is 0 Å². The van der Waals surface area contributed by atoms with Crippen LogP contribution in [0.25, 0.3) is 33.0 Å². The SMILES string of the molecule is C=CC(=O)NC(CCCCN)C(=O)OCCCCCCn1cc(C2=C(c3cn(C)c4ccccc34)C(=O)NC2=O)c2ccccc21. The van der Waals surface area contributed by atoms with Crippen LogP contribution in [0.2, 0.25) is 0 Å². The normalized spacial score (nSPS) is 13.8. The molecule has 2 aromatic carbocycles. The molecule has 4 N–H and O–H groups in total. The number of nitrogens with two attached hydrogens (primary N) is 1. The number of imide groups is 1. The van der Waals surface area contributed by atoms with Crippen molar-refractivity contribution in [2.75, 3.05) is 13.2 Å². The molecular formula is C36H41N5O5. The van der Waals surface area contributed by atoms with Gasteiger partial charge in [0.1, 0.15) is 6.04 Å². The van der Waals surface area contributed by atoms with E-state index in [4.69, 9.17) is 10.5 Å². The van der Waals surface area contributed by atoms with E-state index < -0.39 is 23.8 Å². The van der Waals surface area contributed by atoms with Crippen LogP contribution in [0.1, 0.15) is 56.1 Å². The molecule has 1 atom stereocenters. The number of para-hydroxylation sites is 2. The van der Waals surface area contributed by atoms with Crippen LogP contribution < -0.4 is 16.4 Å². The maximum absolute atomic E-state index is 13.3. The monoisotopic (exact) mass is 623 g/mol. The highest BCUT2D eigenvalue weighted by atomic mass is 16.5. The molecule has 4 aromatic rings. The summed E-state index contributed by atoms with van der Waals surface area (Å²) in [6.07, 6.45) is 10.3. The Hall–Kier alpha value is -4.96. The number of carbonyl (C=O) groups is 4. The minimum Gasteiger partial charge on any atom is -0.464 e. The number of amides is 3. The maximum atomic E-state index is 13.3. The molecule has 0 bridgehead atoms. The second kappa shape index (κ2) is 14.9. The largest absolute Gasteiger partial charge is 0.464 e. The number of unbranched alkanes of at least 4 members (excludes halogenated alkanes) is 4. The highest BCUT2D eigenvalue weighted by Crippen LogP contribution is 2.38. The fourth-order valence-corrected chi connectivity index (χ4v) is 6.12. The summed E-state index contributed by atoms with van der Waals surface area (Å²) in [6.45, 7) is 4.97. The molecule has 0 saturated heterocycles. The minimum atomic E-state index is -0.707. The van der Waals surface area contributed by atoms with Gasteiger partial charge in [0.15, 0.2) is 0 Å². The summed E-state index contributed by atoms with van der Waals surface area (Å²) in [4.78, 5) is 50.8. The Bertz CT molecular complexity index is 1810. The molecule has 0 spiro atoms. The predicted molar refractivity (Wildman–Crippen MR) is 179 cm³/mol. The molecule has 3 amide bonds. The molecule has 0 radical (unpaired) electrons. The van der Waals surface area contributed by atoms with E-state index in [0.717, 1.165) is 71.2 Å². The molecule has 0 aliphatic carbocycles. The molecule has 46 heavy (non-hydrogen) atoms. The van der Waals surface area contributed by atoms with Crippen LogP contribution in [-0.4, -0.2) is 52.0 Å². The van der Waals surface area contributed by atoms with Gasteiger partial charge >= 0.3 is 5.97 Å². The Morgan fingerprint density at radius 3 is 2.22 bits per heavy atom. The molecule has 1 aliphatic rings. The van der Waals surface area contributed by atoms with Gasteiger partial charge in [-0.15, -0.1) is 0 Å².